The number of aliphatic carboxylic acids is 1. The third-order valence-electron chi connectivity index (χ3n) is 3.18. The number of nitro groups is 1. The molecule has 106 valence electrons. The lowest BCUT2D eigenvalue weighted by atomic mass is 9.92. The smallest absolute Gasteiger partial charge is 0.329 e. The Labute approximate surface area is 115 Å². The van der Waals surface area contributed by atoms with Crippen LogP contribution in [0.3, 0.4) is 0 Å². The summed E-state index contributed by atoms with van der Waals surface area (Å²) >= 11 is 0. The van der Waals surface area contributed by atoms with Crippen molar-refractivity contribution in [3.05, 3.63) is 27.9 Å². The van der Waals surface area contributed by atoms with Crippen molar-refractivity contribution in [2.24, 2.45) is 0 Å². The first-order valence-electron chi connectivity index (χ1n) is 5.96. The first-order valence-corrected chi connectivity index (χ1v) is 5.96. The van der Waals surface area contributed by atoms with Crippen LogP contribution in [0.15, 0.2) is 12.3 Å². The zero-order valence-corrected chi connectivity index (χ0v) is 11.1. The topological polar surface area (TPSA) is 129 Å². The summed E-state index contributed by atoms with van der Waals surface area (Å²) in [7, 11) is 0. The highest BCUT2D eigenvalue weighted by Crippen LogP contribution is 2.25. The third-order valence-corrected chi connectivity index (χ3v) is 3.18. The fraction of sp³-hybridized carbons (Fsp3) is 0.417. The second-order valence-corrected chi connectivity index (χ2v) is 4.18. The van der Waals surface area contributed by atoms with E-state index in [-0.39, 0.29) is 29.9 Å². The molecule has 0 amide bonds. The van der Waals surface area contributed by atoms with E-state index in [1.54, 1.807) is 19.9 Å². The first kappa shape index (κ1) is 15.4. The predicted molar refractivity (Wildman–Crippen MR) is 70.2 cm³/mol. The van der Waals surface area contributed by atoms with E-state index in [1.165, 1.54) is 0 Å². The average Bonchev–Trinajstić information content (AvgIpc) is 2.44. The van der Waals surface area contributed by atoms with Crippen LogP contribution >= 0.6 is 0 Å². The van der Waals surface area contributed by atoms with Gasteiger partial charge < -0.3 is 10.4 Å². The number of nitriles is 1. The van der Waals surface area contributed by atoms with E-state index in [9.17, 15) is 20.0 Å². The van der Waals surface area contributed by atoms with Crippen LogP contribution in [0.25, 0.3) is 0 Å². The summed E-state index contributed by atoms with van der Waals surface area (Å²) < 4.78 is 0. The minimum Gasteiger partial charge on any atom is -0.480 e. The molecule has 0 bridgehead atoms. The van der Waals surface area contributed by atoms with Gasteiger partial charge in [0.25, 0.3) is 5.69 Å². The Morgan fingerprint density at radius 3 is 2.60 bits per heavy atom. The SMILES string of the molecule is CCC(CC)(Nc1ncc([N+](=O)[O-])cc1C#N)C(=O)O. The van der Waals surface area contributed by atoms with E-state index in [0.717, 1.165) is 12.3 Å². The van der Waals surface area contributed by atoms with Crippen molar-refractivity contribution in [1.82, 2.24) is 4.98 Å². The molecule has 2 N–H and O–H groups in total. The Hall–Kier alpha value is -2.69. The van der Waals surface area contributed by atoms with Gasteiger partial charge in [-0.1, -0.05) is 13.8 Å². The van der Waals surface area contributed by atoms with E-state index in [2.05, 4.69) is 10.3 Å². The lowest BCUT2D eigenvalue weighted by Crippen LogP contribution is -2.45. The number of anilines is 1. The van der Waals surface area contributed by atoms with Crippen molar-refractivity contribution >= 4 is 17.5 Å². The number of carboxylic acid groups (broad SMARTS) is 1. The largest absolute Gasteiger partial charge is 0.480 e. The average molecular weight is 278 g/mol. The van der Waals surface area contributed by atoms with Crippen LogP contribution in [0.5, 0.6) is 0 Å². The van der Waals surface area contributed by atoms with Crippen molar-refractivity contribution in [3.8, 4) is 6.07 Å². The molecule has 0 radical (unpaired) electrons. The number of aromatic nitrogens is 1. The Morgan fingerprint density at radius 2 is 2.20 bits per heavy atom. The summed E-state index contributed by atoms with van der Waals surface area (Å²) in [6.45, 7) is 3.39. The number of carbonyl (C=O) groups is 1. The van der Waals surface area contributed by atoms with Gasteiger partial charge in [0.1, 0.15) is 29.2 Å². The van der Waals surface area contributed by atoms with Gasteiger partial charge in [0.15, 0.2) is 0 Å². The standard InChI is InChI=1S/C12H14N4O4/c1-3-12(4-2,11(17)18)15-10-8(6-13)5-9(7-14-10)16(19)20/h5,7H,3-4H2,1-2H3,(H,14,15)(H,17,18). The van der Waals surface area contributed by atoms with Crippen LogP contribution in [0.2, 0.25) is 0 Å². The molecule has 0 saturated heterocycles. The second-order valence-electron chi connectivity index (χ2n) is 4.18. The summed E-state index contributed by atoms with van der Waals surface area (Å²) in [6, 6.07) is 2.84. The van der Waals surface area contributed by atoms with E-state index in [0.29, 0.717) is 0 Å². The van der Waals surface area contributed by atoms with Gasteiger partial charge in [0.2, 0.25) is 0 Å². The van der Waals surface area contributed by atoms with Gasteiger partial charge in [-0.15, -0.1) is 0 Å². The lowest BCUT2D eigenvalue weighted by molar-refractivity contribution is -0.385. The molecule has 1 rings (SSSR count). The minimum atomic E-state index is -1.26. The number of hydrogen-bond acceptors (Lipinski definition) is 6. The molecule has 0 aliphatic carbocycles. The van der Waals surface area contributed by atoms with Gasteiger partial charge in [-0.3, -0.25) is 10.1 Å². The van der Waals surface area contributed by atoms with E-state index < -0.39 is 16.4 Å². The first-order chi connectivity index (χ1) is 9.40. The Bertz CT molecular complexity index is 575. The van der Waals surface area contributed by atoms with E-state index >= 15 is 0 Å². The van der Waals surface area contributed by atoms with Gasteiger partial charge in [-0.05, 0) is 12.8 Å². The van der Waals surface area contributed by atoms with Gasteiger partial charge >= 0.3 is 5.97 Å². The van der Waals surface area contributed by atoms with Gasteiger partial charge in [0.05, 0.1) is 4.92 Å². The van der Waals surface area contributed by atoms with Crippen molar-refractivity contribution < 1.29 is 14.8 Å². The van der Waals surface area contributed by atoms with Crippen LogP contribution in [0.4, 0.5) is 11.5 Å². The number of pyridine rings is 1. The zero-order chi connectivity index (χ0) is 15.3. The zero-order valence-electron chi connectivity index (χ0n) is 11.1. The molecule has 0 aromatic carbocycles. The highest BCUT2D eigenvalue weighted by atomic mass is 16.6. The van der Waals surface area contributed by atoms with Gasteiger partial charge in [-0.2, -0.15) is 5.26 Å². The molecule has 0 saturated carbocycles. The molecule has 0 fully saturated rings. The molecule has 0 spiro atoms. The maximum Gasteiger partial charge on any atom is 0.329 e. The number of rotatable bonds is 6. The molecule has 0 atom stereocenters. The summed E-state index contributed by atoms with van der Waals surface area (Å²) in [5.74, 6) is -1.03. The van der Waals surface area contributed by atoms with Gasteiger partial charge in [-0.25, -0.2) is 9.78 Å². The molecule has 0 unspecified atom stereocenters. The Kier molecular flexibility index (Phi) is 4.59. The number of carboxylic acids is 1. The molecule has 1 aromatic heterocycles. The van der Waals surface area contributed by atoms with Crippen molar-refractivity contribution in [2.75, 3.05) is 5.32 Å². The van der Waals surface area contributed by atoms with Crippen LogP contribution in [-0.4, -0.2) is 26.5 Å². The van der Waals surface area contributed by atoms with Crippen LogP contribution in [-0.2, 0) is 4.79 Å². The van der Waals surface area contributed by atoms with Crippen molar-refractivity contribution in [3.63, 3.8) is 0 Å². The third kappa shape index (κ3) is 2.83. The summed E-state index contributed by atoms with van der Waals surface area (Å²) in [5.41, 5.74) is -1.64. The molecule has 1 heterocycles. The van der Waals surface area contributed by atoms with E-state index in [1.807, 2.05) is 0 Å². The molecule has 8 nitrogen and oxygen atoms in total. The molecule has 8 heteroatoms. The van der Waals surface area contributed by atoms with Crippen molar-refractivity contribution in [1.29, 1.82) is 5.26 Å². The molecule has 0 aliphatic rings. The van der Waals surface area contributed by atoms with Crippen LogP contribution in [0.1, 0.15) is 32.3 Å². The fourth-order valence-electron chi connectivity index (χ4n) is 1.75. The maximum atomic E-state index is 11.4. The summed E-state index contributed by atoms with van der Waals surface area (Å²) in [5, 5.41) is 31.7. The second kappa shape index (κ2) is 5.97. The molecular formula is C12H14N4O4. The molecule has 1 aromatic rings. The molecule has 0 aliphatic heterocycles. The highest BCUT2D eigenvalue weighted by molar-refractivity contribution is 5.83. The number of nitrogens with zero attached hydrogens (tertiary/aromatic N) is 3. The quantitative estimate of drug-likeness (QED) is 0.600. The Morgan fingerprint density at radius 1 is 1.60 bits per heavy atom. The van der Waals surface area contributed by atoms with Gasteiger partial charge in [0, 0.05) is 6.07 Å². The fourth-order valence-corrected chi connectivity index (χ4v) is 1.75. The summed E-state index contributed by atoms with van der Waals surface area (Å²) in [4.78, 5) is 25.1. The maximum absolute atomic E-state index is 11.4. The molecular weight excluding hydrogens is 264 g/mol. The minimum absolute atomic E-state index is 0.0317. The predicted octanol–water partition coefficient (Wildman–Crippen LogP) is 1.92. The lowest BCUT2D eigenvalue weighted by Gasteiger charge is -2.28. The van der Waals surface area contributed by atoms with E-state index in [4.69, 9.17) is 5.26 Å². The number of nitrogens with one attached hydrogen (secondary N) is 1. The number of hydrogen-bond donors (Lipinski definition) is 2. The summed E-state index contributed by atoms with van der Waals surface area (Å²) in [6.07, 6.45) is 1.55. The highest BCUT2D eigenvalue weighted by Gasteiger charge is 2.35. The van der Waals surface area contributed by atoms with Crippen molar-refractivity contribution in [2.45, 2.75) is 32.2 Å². The Balaban J connectivity index is 3.24. The monoisotopic (exact) mass is 278 g/mol. The normalized spacial score (nSPS) is 10.7. The van der Waals surface area contributed by atoms with Crippen LogP contribution in [0, 0.1) is 21.4 Å². The van der Waals surface area contributed by atoms with Crippen LogP contribution < -0.4 is 5.32 Å². The molecule has 20 heavy (non-hydrogen) atoms.